The van der Waals surface area contributed by atoms with Crippen LogP contribution in [0.3, 0.4) is 0 Å². The third-order valence-electron chi connectivity index (χ3n) is 3.27. The van der Waals surface area contributed by atoms with Crippen molar-refractivity contribution in [1.82, 2.24) is 10.2 Å². The minimum Gasteiger partial charge on any atom is -0.494 e. The van der Waals surface area contributed by atoms with Gasteiger partial charge in [0.2, 0.25) is 0 Å². The van der Waals surface area contributed by atoms with Crippen molar-refractivity contribution in [3.63, 3.8) is 0 Å². The molecule has 0 radical (unpaired) electrons. The number of ether oxygens (including phenoxy) is 1. The zero-order valence-electron chi connectivity index (χ0n) is 12.5. The fraction of sp³-hybridized carbons (Fsp3) is 0.500. The third-order valence-corrected chi connectivity index (χ3v) is 3.95. The van der Waals surface area contributed by atoms with Gasteiger partial charge in [-0.1, -0.05) is 37.0 Å². The van der Waals surface area contributed by atoms with E-state index in [1.54, 1.807) is 0 Å². The molecule has 118 valence electrons. The summed E-state index contributed by atoms with van der Waals surface area (Å²) in [6.07, 6.45) is 0. The number of carbonyl (C=O) groups excluding carboxylic acids is 1. The van der Waals surface area contributed by atoms with Gasteiger partial charge in [0.05, 0.1) is 23.4 Å². The fourth-order valence-electron chi connectivity index (χ4n) is 1.95. The van der Waals surface area contributed by atoms with Crippen LogP contribution >= 0.6 is 23.2 Å². The zero-order chi connectivity index (χ0) is 16.0. The maximum absolute atomic E-state index is 12.2. The molecule has 3 N–H and O–H groups in total. The highest BCUT2D eigenvalue weighted by molar-refractivity contribution is 6.40. The summed E-state index contributed by atoms with van der Waals surface area (Å²) in [6, 6.07) is 1.47. The molecule has 0 fully saturated rings. The van der Waals surface area contributed by atoms with Gasteiger partial charge in [-0.2, -0.15) is 0 Å². The van der Waals surface area contributed by atoms with Gasteiger partial charge in [-0.25, -0.2) is 0 Å². The Hall–Kier alpha value is -1.17. The third kappa shape index (κ3) is 4.40. The number of nitrogens with two attached hydrogens (primary N) is 1. The minimum absolute atomic E-state index is 0.152. The van der Waals surface area contributed by atoms with Crippen LogP contribution in [0.25, 0.3) is 0 Å². The van der Waals surface area contributed by atoms with Gasteiger partial charge in [-0.05, 0) is 19.2 Å². The lowest BCUT2D eigenvalue weighted by Gasteiger charge is -2.18. The maximum atomic E-state index is 12.2. The van der Waals surface area contributed by atoms with Gasteiger partial charge < -0.3 is 20.7 Å². The van der Waals surface area contributed by atoms with E-state index in [2.05, 4.69) is 24.1 Å². The number of hydrogen-bond donors (Lipinski definition) is 2. The lowest BCUT2D eigenvalue weighted by atomic mass is 10.1. The van der Waals surface area contributed by atoms with Crippen LogP contribution in [-0.4, -0.2) is 44.1 Å². The van der Waals surface area contributed by atoms with Gasteiger partial charge in [-0.3, -0.25) is 4.79 Å². The average Bonchev–Trinajstić information content (AvgIpc) is 2.48. The van der Waals surface area contributed by atoms with Crippen LogP contribution in [0.2, 0.25) is 10.0 Å². The van der Waals surface area contributed by atoms with Crippen LogP contribution in [0.4, 0.5) is 5.69 Å². The Labute approximate surface area is 135 Å². The number of hydrogen-bond acceptors (Lipinski definition) is 4. The van der Waals surface area contributed by atoms with Crippen molar-refractivity contribution in [2.24, 2.45) is 0 Å². The van der Waals surface area contributed by atoms with Crippen LogP contribution in [0.15, 0.2) is 6.07 Å². The molecule has 21 heavy (non-hydrogen) atoms. The Kier molecular flexibility index (Phi) is 7.08. The first-order chi connectivity index (χ1) is 9.96. The predicted molar refractivity (Wildman–Crippen MR) is 87.5 cm³/mol. The van der Waals surface area contributed by atoms with Gasteiger partial charge in [0.15, 0.2) is 5.75 Å². The van der Waals surface area contributed by atoms with Crippen LogP contribution in [0.5, 0.6) is 5.75 Å². The second kappa shape index (κ2) is 8.32. The van der Waals surface area contributed by atoms with Crippen LogP contribution in [0, 0.1) is 0 Å². The molecule has 0 saturated carbocycles. The second-order valence-electron chi connectivity index (χ2n) is 4.45. The van der Waals surface area contributed by atoms with Crippen molar-refractivity contribution in [3.8, 4) is 5.75 Å². The lowest BCUT2D eigenvalue weighted by molar-refractivity contribution is 0.0946. The van der Waals surface area contributed by atoms with Gasteiger partial charge in [0.25, 0.3) is 5.91 Å². The molecule has 1 rings (SSSR count). The molecule has 1 amide bonds. The predicted octanol–water partition coefficient (Wildman–Crippen LogP) is 2.66. The molecule has 7 heteroatoms. The van der Waals surface area contributed by atoms with E-state index < -0.39 is 0 Å². The smallest absolute Gasteiger partial charge is 0.255 e. The van der Waals surface area contributed by atoms with Crippen LogP contribution in [0.1, 0.15) is 24.2 Å². The summed E-state index contributed by atoms with van der Waals surface area (Å²) < 4.78 is 5.16. The number of methoxy groups -OCH3 is 1. The standard InChI is InChI=1S/C14H21Cl2N3O2/c1-4-19(5-2)7-6-18-14(20)9-8-10(15)12(17)11(16)13(9)21-3/h8H,4-7,17H2,1-3H3,(H,18,20). The first-order valence-corrected chi connectivity index (χ1v) is 7.53. The summed E-state index contributed by atoms with van der Waals surface area (Å²) in [7, 11) is 1.43. The van der Waals surface area contributed by atoms with E-state index in [0.717, 1.165) is 19.6 Å². The Morgan fingerprint density at radius 2 is 2.00 bits per heavy atom. The number of nitrogens with zero attached hydrogens (tertiary/aromatic N) is 1. The summed E-state index contributed by atoms with van der Waals surface area (Å²) in [6.45, 7) is 7.34. The van der Waals surface area contributed by atoms with Gasteiger partial charge in [-0.15, -0.1) is 0 Å². The Balaban J connectivity index is 2.83. The number of nitrogens with one attached hydrogen (secondary N) is 1. The molecular formula is C14H21Cl2N3O2. The molecule has 0 unspecified atom stereocenters. The second-order valence-corrected chi connectivity index (χ2v) is 5.23. The van der Waals surface area contributed by atoms with Gasteiger partial charge >= 0.3 is 0 Å². The highest BCUT2D eigenvalue weighted by Gasteiger charge is 2.19. The summed E-state index contributed by atoms with van der Waals surface area (Å²) in [4.78, 5) is 14.4. The molecule has 0 aliphatic rings. The van der Waals surface area contributed by atoms with Crippen molar-refractivity contribution < 1.29 is 9.53 Å². The molecule has 5 nitrogen and oxygen atoms in total. The fourth-order valence-corrected chi connectivity index (χ4v) is 2.48. The molecule has 0 heterocycles. The highest BCUT2D eigenvalue weighted by Crippen LogP contribution is 2.38. The number of nitrogen functional groups attached to an aromatic ring is 1. The number of halogens is 2. The molecule has 0 atom stereocenters. The van der Waals surface area contributed by atoms with Gasteiger partial charge in [0.1, 0.15) is 5.02 Å². The first-order valence-electron chi connectivity index (χ1n) is 6.78. The SMILES string of the molecule is CCN(CC)CCNC(=O)c1cc(Cl)c(N)c(Cl)c1OC. The number of benzene rings is 1. The number of carbonyl (C=O) groups is 1. The van der Waals surface area contributed by atoms with E-state index in [4.69, 9.17) is 33.7 Å². The van der Waals surface area contributed by atoms with Crippen molar-refractivity contribution in [2.75, 3.05) is 39.0 Å². The van der Waals surface area contributed by atoms with Crippen LogP contribution < -0.4 is 15.8 Å². The van der Waals surface area contributed by atoms with E-state index >= 15 is 0 Å². The van der Waals surface area contributed by atoms with E-state index in [1.165, 1.54) is 13.2 Å². The molecule has 0 aliphatic heterocycles. The van der Waals surface area contributed by atoms with E-state index in [0.29, 0.717) is 6.54 Å². The monoisotopic (exact) mass is 333 g/mol. The number of likely N-dealkylation sites (N-methyl/N-ethyl adjacent to an activating group) is 1. The van der Waals surface area contributed by atoms with Crippen molar-refractivity contribution in [3.05, 3.63) is 21.7 Å². The summed E-state index contributed by atoms with van der Waals surface area (Å²) >= 11 is 12.0. The lowest BCUT2D eigenvalue weighted by Crippen LogP contribution is -2.35. The Bertz CT molecular complexity index is 505. The number of anilines is 1. The molecule has 0 aliphatic carbocycles. The average molecular weight is 334 g/mol. The van der Waals surface area contributed by atoms with E-state index in [-0.39, 0.29) is 33.0 Å². The molecular weight excluding hydrogens is 313 g/mol. The topological polar surface area (TPSA) is 67.6 Å². The molecule has 0 spiro atoms. The van der Waals surface area contributed by atoms with Gasteiger partial charge in [0, 0.05) is 13.1 Å². The zero-order valence-corrected chi connectivity index (χ0v) is 14.0. The minimum atomic E-state index is -0.289. The van der Waals surface area contributed by atoms with Crippen molar-refractivity contribution >= 4 is 34.8 Å². The molecule has 0 bridgehead atoms. The maximum Gasteiger partial charge on any atom is 0.255 e. The highest BCUT2D eigenvalue weighted by atomic mass is 35.5. The van der Waals surface area contributed by atoms with Crippen molar-refractivity contribution in [1.29, 1.82) is 0 Å². The normalized spacial score (nSPS) is 10.8. The van der Waals surface area contributed by atoms with Crippen molar-refractivity contribution in [2.45, 2.75) is 13.8 Å². The largest absolute Gasteiger partial charge is 0.494 e. The Morgan fingerprint density at radius 1 is 1.38 bits per heavy atom. The quantitative estimate of drug-likeness (QED) is 0.753. The summed E-state index contributed by atoms with van der Waals surface area (Å²) in [5.41, 5.74) is 6.20. The van der Waals surface area contributed by atoms with E-state index in [1.807, 2.05) is 0 Å². The summed E-state index contributed by atoms with van der Waals surface area (Å²) in [5, 5.41) is 3.21. The number of amides is 1. The summed E-state index contributed by atoms with van der Waals surface area (Å²) in [5.74, 6) is -0.0540. The molecule has 0 saturated heterocycles. The molecule has 1 aromatic rings. The Morgan fingerprint density at radius 3 is 2.52 bits per heavy atom. The van der Waals surface area contributed by atoms with Crippen LogP contribution in [-0.2, 0) is 0 Å². The number of rotatable bonds is 7. The first kappa shape index (κ1) is 17.9. The molecule has 1 aromatic carbocycles. The van der Waals surface area contributed by atoms with E-state index in [9.17, 15) is 4.79 Å². The molecule has 0 aromatic heterocycles.